The molecular weight excluding hydrogens is 206 g/mol. The Bertz CT molecular complexity index is 310. The highest BCUT2D eigenvalue weighted by Gasteiger charge is 2.22. The number of nitrogens with zero attached hydrogens (tertiary/aromatic N) is 2. The molecular formula is C11H21N3O2. The fourth-order valence-electron chi connectivity index (χ4n) is 1.40. The fourth-order valence-corrected chi connectivity index (χ4v) is 1.40. The first-order chi connectivity index (χ1) is 7.54. The van der Waals surface area contributed by atoms with Crippen LogP contribution in [0.1, 0.15) is 46.5 Å². The third-order valence-electron chi connectivity index (χ3n) is 2.06. The van der Waals surface area contributed by atoms with Gasteiger partial charge in [-0.05, 0) is 26.7 Å². The first-order valence-corrected chi connectivity index (χ1v) is 5.76. The van der Waals surface area contributed by atoms with E-state index in [1.807, 2.05) is 20.8 Å². The summed E-state index contributed by atoms with van der Waals surface area (Å²) in [5.41, 5.74) is 0. The van der Waals surface area contributed by atoms with Crippen LogP contribution in [0.2, 0.25) is 0 Å². The molecule has 5 nitrogen and oxygen atoms in total. The molecule has 0 saturated heterocycles. The summed E-state index contributed by atoms with van der Waals surface area (Å²) >= 11 is 0. The lowest BCUT2D eigenvalue weighted by molar-refractivity contribution is 0.0217. The summed E-state index contributed by atoms with van der Waals surface area (Å²) in [6, 6.07) is 0.730. The summed E-state index contributed by atoms with van der Waals surface area (Å²) in [5.74, 6) is 0.935. The number of hydrogen-bond acceptors (Lipinski definition) is 5. The summed E-state index contributed by atoms with van der Waals surface area (Å²) in [5, 5.41) is 7.00. The number of anilines is 1. The molecule has 1 unspecified atom stereocenters. The van der Waals surface area contributed by atoms with Crippen molar-refractivity contribution in [3.63, 3.8) is 0 Å². The van der Waals surface area contributed by atoms with Gasteiger partial charge >= 0.3 is 6.01 Å². The Hall–Kier alpha value is -1.10. The second-order valence-corrected chi connectivity index (χ2v) is 4.38. The Kier molecular flexibility index (Phi) is 4.73. The van der Waals surface area contributed by atoms with Crippen molar-refractivity contribution in [2.24, 2.45) is 5.92 Å². The summed E-state index contributed by atoms with van der Waals surface area (Å²) in [7, 11) is 0. The number of nitrogens with one attached hydrogen (secondary N) is 1. The Labute approximate surface area is 96.6 Å². The molecule has 1 aromatic rings. The third-order valence-corrected chi connectivity index (χ3v) is 2.06. The van der Waals surface area contributed by atoms with E-state index in [1.54, 1.807) is 0 Å². The van der Waals surface area contributed by atoms with Crippen molar-refractivity contribution < 1.29 is 9.26 Å². The van der Waals surface area contributed by atoms with Crippen LogP contribution < -0.4 is 5.32 Å². The predicted molar refractivity (Wildman–Crippen MR) is 62.3 cm³/mol. The van der Waals surface area contributed by atoms with Crippen molar-refractivity contribution in [3.05, 3.63) is 5.82 Å². The van der Waals surface area contributed by atoms with Gasteiger partial charge in [0.2, 0.25) is 5.82 Å². The lowest BCUT2D eigenvalue weighted by Crippen LogP contribution is -2.13. The van der Waals surface area contributed by atoms with Crippen LogP contribution in [0.3, 0.4) is 0 Å². The van der Waals surface area contributed by atoms with E-state index in [2.05, 4.69) is 29.3 Å². The van der Waals surface area contributed by atoms with E-state index in [-0.39, 0.29) is 12.1 Å². The van der Waals surface area contributed by atoms with Crippen molar-refractivity contribution in [2.75, 3.05) is 11.9 Å². The molecule has 0 fully saturated rings. The van der Waals surface area contributed by atoms with Gasteiger partial charge in [-0.15, -0.1) is 0 Å². The number of aromatic nitrogens is 2. The molecule has 0 amide bonds. The van der Waals surface area contributed by atoms with Crippen molar-refractivity contribution >= 4 is 6.01 Å². The predicted octanol–water partition coefficient (Wildman–Crippen LogP) is 2.62. The van der Waals surface area contributed by atoms with Gasteiger partial charge in [0.25, 0.3) is 0 Å². The highest BCUT2D eigenvalue weighted by molar-refractivity contribution is 5.20. The molecule has 1 N–H and O–H groups in total. The Balaban J connectivity index is 2.73. The lowest BCUT2D eigenvalue weighted by atomic mass is 10.1. The van der Waals surface area contributed by atoms with Gasteiger partial charge in [-0.1, -0.05) is 19.0 Å². The normalized spacial score (nSPS) is 13.4. The average molecular weight is 227 g/mol. The van der Waals surface area contributed by atoms with Crippen molar-refractivity contribution in [2.45, 2.75) is 46.8 Å². The fraction of sp³-hybridized carbons (Fsp3) is 0.818. The molecule has 0 saturated carbocycles. The van der Waals surface area contributed by atoms with E-state index in [4.69, 9.17) is 9.26 Å². The standard InChI is InChI=1S/C11H21N3O2/c1-6-15-9(7(2)3)10-13-11(16-14-10)12-8(4)5/h7-9H,6H2,1-5H3,(H,12,13,14). The molecule has 0 aliphatic heterocycles. The molecule has 1 aromatic heterocycles. The Morgan fingerprint density at radius 2 is 2.00 bits per heavy atom. The molecule has 0 spiro atoms. The maximum Gasteiger partial charge on any atom is 0.321 e. The quantitative estimate of drug-likeness (QED) is 0.809. The van der Waals surface area contributed by atoms with Crippen molar-refractivity contribution in [1.82, 2.24) is 10.1 Å². The summed E-state index contributed by atoms with van der Waals surface area (Å²) in [4.78, 5) is 4.28. The van der Waals surface area contributed by atoms with E-state index < -0.39 is 0 Å². The van der Waals surface area contributed by atoms with E-state index in [0.29, 0.717) is 24.4 Å². The smallest absolute Gasteiger partial charge is 0.321 e. The van der Waals surface area contributed by atoms with Gasteiger partial charge in [-0.3, -0.25) is 0 Å². The van der Waals surface area contributed by atoms with Gasteiger partial charge in [0.15, 0.2) is 0 Å². The molecule has 5 heteroatoms. The lowest BCUT2D eigenvalue weighted by Gasteiger charge is -2.16. The molecule has 1 heterocycles. The van der Waals surface area contributed by atoms with Crippen LogP contribution in [0.15, 0.2) is 4.52 Å². The van der Waals surface area contributed by atoms with Gasteiger partial charge in [0.05, 0.1) is 0 Å². The van der Waals surface area contributed by atoms with Crippen LogP contribution in [-0.4, -0.2) is 22.8 Å². The zero-order chi connectivity index (χ0) is 12.1. The minimum absolute atomic E-state index is 0.100. The molecule has 92 valence electrons. The molecule has 1 atom stereocenters. The monoisotopic (exact) mass is 227 g/mol. The van der Waals surface area contributed by atoms with Crippen LogP contribution >= 0.6 is 0 Å². The number of hydrogen-bond donors (Lipinski definition) is 1. The molecule has 0 aliphatic rings. The zero-order valence-corrected chi connectivity index (χ0v) is 10.7. The minimum Gasteiger partial charge on any atom is -0.370 e. The van der Waals surface area contributed by atoms with Crippen LogP contribution in [0, 0.1) is 5.92 Å². The van der Waals surface area contributed by atoms with Gasteiger partial charge in [-0.25, -0.2) is 0 Å². The molecule has 0 bridgehead atoms. The Morgan fingerprint density at radius 3 is 2.50 bits per heavy atom. The molecule has 0 aromatic carbocycles. The SMILES string of the molecule is CCOC(c1noc(NC(C)C)n1)C(C)C. The summed E-state index contributed by atoms with van der Waals surface area (Å²) in [6.07, 6.45) is -0.100. The van der Waals surface area contributed by atoms with Gasteiger partial charge in [-0.2, -0.15) is 4.98 Å². The second-order valence-electron chi connectivity index (χ2n) is 4.38. The highest BCUT2D eigenvalue weighted by atomic mass is 16.5. The number of ether oxygens (including phenoxy) is 1. The van der Waals surface area contributed by atoms with Crippen LogP contribution in [0.25, 0.3) is 0 Å². The van der Waals surface area contributed by atoms with Crippen LogP contribution in [0.4, 0.5) is 6.01 Å². The van der Waals surface area contributed by atoms with Crippen LogP contribution in [-0.2, 0) is 4.74 Å². The number of rotatable bonds is 6. The third kappa shape index (κ3) is 3.48. The molecule has 1 rings (SSSR count). The molecule has 0 aliphatic carbocycles. The van der Waals surface area contributed by atoms with Crippen LogP contribution in [0.5, 0.6) is 0 Å². The first-order valence-electron chi connectivity index (χ1n) is 5.76. The summed E-state index contributed by atoms with van der Waals surface area (Å²) < 4.78 is 10.7. The first kappa shape index (κ1) is 13.0. The maximum absolute atomic E-state index is 5.59. The van der Waals surface area contributed by atoms with Gasteiger partial charge < -0.3 is 14.6 Å². The average Bonchev–Trinajstić information content (AvgIpc) is 2.60. The van der Waals surface area contributed by atoms with Gasteiger partial charge in [0.1, 0.15) is 6.10 Å². The van der Waals surface area contributed by atoms with E-state index in [1.165, 1.54) is 0 Å². The molecule has 16 heavy (non-hydrogen) atoms. The van der Waals surface area contributed by atoms with E-state index >= 15 is 0 Å². The van der Waals surface area contributed by atoms with Crippen molar-refractivity contribution in [3.8, 4) is 0 Å². The zero-order valence-electron chi connectivity index (χ0n) is 10.7. The van der Waals surface area contributed by atoms with E-state index in [9.17, 15) is 0 Å². The Morgan fingerprint density at radius 1 is 1.31 bits per heavy atom. The second kappa shape index (κ2) is 5.84. The maximum atomic E-state index is 5.59. The van der Waals surface area contributed by atoms with Crippen molar-refractivity contribution in [1.29, 1.82) is 0 Å². The minimum atomic E-state index is -0.100. The topological polar surface area (TPSA) is 60.2 Å². The van der Waals surface area contributed by atoms with Gasteiger partial charge in [0, 0.05) is 12.6 Å². The molecule has 0 radical (unpaired) electrons. The largest absolute Gasteiger partial charge is 0.370 e. The highest BCUT2D eigenvalue weighted by Crippen LogP contribution is 2.24. The summed E-state index contributed by atoms with van der Waals surface area (Å²) in [6.45, 7) is 10.8. The van der Waals surface area contributed by atoms with E-state index in [0.717, 1.165) is 0 Å².